The molecular weight excluding hydrogens is 488 g/mol. The first-order chi connectivity index (χ1) is 16.0. The molecule has 0 saturated heterocycles. The van der Waals surface area contributed by atoms with Gasteiger partial charge in [-0.15, -0.1) is 6.58 Å². The molecule has 0 spiro atoms. The molecule has 3 heterocycles. The van der Waals surface area contributed by atoms with Crippen LogP contribution in [0.3, 0.4) is 0 Å². The first-order valence-corrected chi connectivity index (χ1v) is 11.5. The van der Waals surface area contributed by atoms with Crippen LogP contribution in [-0.4, -0.2) is 33.0 Å². The first kappa shape index (κ1) is 22.7. The fraction of sp³-hybridized carbons (Fsp3) is 0.250. The SMILES string of the molecule is C=CCn1c(NC(=O)c2ccc(Br)o2)c(C(=O)OCCCCC)c2nc3ccccc3nc21. The molecule has 1 amide bonds. The van der Waals surface area contributed by atoms with Crippen molar-refractivity contribution in [2.45, 2.75) is 32.7 Å². The van der Waals surface area contributed by atoms with Gasteiger partial charge in [0.05, 0.1) is 17.6 Å². The predicted octanol–water partition coefficient (Wildman–Crippen LogP) is 5.73. The molecule has 4 rings (SSSR count). The molecule has 8 nitrogen and oxygen atoms in total. The molecule has 4 aromatic rings. The third kappa shape index (κ3) is 4.68. The van der Waals surface area contributed by atoms with E-state index in [1.54, 1.807) is 16.7 Å². The number of carbonyl (C=O) groups is 2. The molecule has 0 saturated carbocycles. The molecule has 3 aromatic heterocycles. The van der Waals surface area contributed by atoms with Crippen LogP contribution in [0.5, 0.6) is 0 Å². The highest BCUT2D eigenvalue weighted by Crippen LogP contribution is 2.31. The van der Waals surface area contributed by atoms with Gasteiger partial charge in [0.2, 0.25) is 0 Å². The van der Waals surface area contributed by atoms with Crippen molar-refractivity contribution in [2.75, 3.05) is 11.9 Å². The second kappa shape index (κ2) is 9.99. The van der Waals surface area contributed by atoms with Crippen molar-refractivity contribution < 1.29 is 18.7 Å². The normalized spacial score (nSPS) is 11.1. The van der Waals surface area contributed by atoms with Crippen LogP contribution >= 0.6 is 15.9 Å². The number of nitrogens with one attached hydrogen (secondary N) is 1. The van der Waals surface area contributed by atoms with Crippen molar-refractivity contribution in [3.8, 4) is 0 Å². The molecule has 0 aliphatic carbocycles. The summed E-state index contributed by atoms with van der Waals surface area (Å²) < 4.78 is 13.0. The van der Waals surface area contributed by atoms with Gasteiger partial charge >= 0.3 is 5.97 Å². The number of benzene rings is 1. The Hall–Kier alpha value is -3.46. The van der Waals surface area contributed by atoms with Gasteiger partial charge in [0.1, 0.15) is 16.9 Å². The summed E-state index contributed by atoms with van der Waals surface area (Å²) in [6.07, 6.45) is 4.37. The largest absolute Gasteiger partial charge is 0.462 e. The van der Waals surface area contributed by atoms with Gasteiger partial charge in [0.15, 0.2) is 16.1 Å². The Kier molecular flexibility index (Phi) is 6.88. The van der Waals surface area contributed by atoms with Gasteiger partial charge < -0.3 is 19.0 Å². The minimum absolute atomic E-state index is 0.0885. The summed E-state index contributed by atoms with van der Waals surface area (Å²) in [5, 5.41) is 2.80. The van der Waals surface area contributed by atoms with Gasteiger partial charge in [-0.1, -0.05) is 38.0 Å². The van der Waals surface area contributed by atoms with E-state index in [0.717, 1.165) is 19.3 Å². The average Bonchev–Trinajstić information content (AvgIpc) is 3.37. The summed E-state index contributed by atoms with van der Waals surface area (Å²) in [6.45, 7) is 6.46. The van der Waals surface area contributed by atoms with E-state index in [1.165, 1.54) is 6.07 Å². The van der Waals surface area contributed by atoms with Gasteiger partial charge in [0.25, 0.3) is 5.91 Å². The number of ether oxygens (including phenoxy) is 1. The molecule has 0 aliphatic heterocycles. The number of aromatic nitrogens is 3. The van der Waals surface area contributed by atoms with Crippen LogP contribution in [0.25, 0.3) is 22.2 Å². The number of allylic oxidation sites excluding steroid dienone is 1. The van der Waals surface area contributed by atoms with Crippen molar-refractivity contribution in [1.29, 1.82) is 0 Å². The number of carbonyl (C=O) groups excluding carboxylic acids is 2. The molecule has 1 aromatic carbocycles. The van der Waals surface area contributed by atoms with Crippen molar-refractivity contribution >= 4 is 55.8 Å². The summed E-state index contributed by atoms with van der Waals surface area (Å²) in [5.41, 5.74) is 2.26. The Balaban J connectivity index is 1.86. The number of esters is 1. The number of halogens is 1. The Labute approximate surface area is 198 Å². The highest BCUT2D eigenvalue weighted by molar-refractivity contribution is 9.10. The Morgan fingerprint density at radius 3 is 2.61 bits per heavy atom. The van der Waals surface area contributed by atoms with Gasteiger partial charge in [-0.25, -0.2) is 14.8 Å². The van der Waals surface area contributed by atoms with Gasteiger partial charge in [0, 0.05) is 6.54 Å². The lowest BCUT2D eigenvalue weighted by molar-refractivity contribution is 0.0501. The molecule has 1 N–H and O–H groups in total. The van der Waals surface area contributed by atoms with Crippen LogP contribution in [-0.2, 0) is 11.3 Å². The Morgan fingerprint density at radius 1 is 1.18 bits per heavy atom. The lowest BCUT2D eigenvalue weighted by Gasteiger charge is -2.10. The van der Waals surface area contributed by atoms with E-state index in [-0.39, 0.29) is 23.7 Å². The van der Waals surface area contributed by atoms with E-state index >= 15 is 0 Å². The molecule has 0 atom stereocenters. The number of para-hydroxylation sites is 2. The number of fused-ring (bicyclic) bond motifs is 2. The van der Waals surface area contributed by atoms with Gasteiger partial charge in [-0.2, -0.15) is 0 Å². The van der Waals surface area contributed by atoms with E-state index in [0.29, 0.717) is 33.4 Å². The Bertz CT molecular complexity index is 1340. The van der Waals surface area contributed by atoms with Crippen LogP contribution in [0, 0.1) is 0 Å². The van der Waals surface area contributed by atoms with Crippen LogP contribution in [0.2, 0.25) is 0 Å². The fourth-order valence-corrected chi connectivity index (χ4v) is 3.83. The fourth-order valence-electron chi connectivity index (χ4n) is 3.52. The predicted molar refractivity (Wildman–Crippen MR) is 129 cm³/mol. The lowest BCUT2D eigenvalue weighted by Crippen LogP contribution is -2.18. The monoisotopic (exact) mass is 510 g/mol. The first-order valence-electron chi connectivity index (χ1n) is 10.7. The van der Waals surface area contributed by atoms with E-state index < -0.39 is 11.9 Å². The molecule has 0 fully saturated rings. The number of nitrogens with zero attached hydrogens (tertiary/aromatic N) is 3. The second-order valence-electron chi connectivity index (χ2n) is 7.41. The van der Waals surface area contributed by atoms with Crippen molar-refractivity contribution in [3.05, 3.63) is 65.0 Å². The maximum absolute atomic E-state index is 13.2. The van der Waals surface area contributed by atoms with Crippen LogP contribution in [0.1, 0.15) is 47.1 Å². The van der Waals surface area contributed by atoms with Crippen molar-refractivity contribution in [2.24, 2.45) is 0 Å². The van der Waals surface area contributed by atoms with Crippen LogP contribution in [0.15, 0.2) is 58.1 Å². The van der Waals surface area contributed by atoms with E-state index in [2.05, 4.69) is 34.7 Å². The zero-order valence-electron chi connectivity index (χ0n) is 18.1. The number of hydrogen-bond acceptors (Lipinski definition) is 6. The maximum Gasteiger partial charge on any atom is 0.344 e. The summed E-state index contributed by atoms with van der Waals surface area (Å²) in [7, 11) is 0. The zero-order valence-corrected chi connectivity index (χ0v) is 19.7. The molecule has 0 aliphatic rings. The average molecular weight is 511 g/mol. The number of anilines is 1. The van der Waals surface area contributed by atoms with E-state index in [1.807, 2.05) is 24.3 Å². The quantitative estimate of drug-likeness (QED) is 0.175. The minimum atomic E-state index is -0.570. The molecule has 0 radical (unpaired) electrons. The molecule has 170 valence electrons. The third-order valence-electron chi connectivity index (χ3n) is 5.08. The summed E-state index contributed by atoms with van der Waals surface area (Å²) >= 11 is 3.20. The molecule has 0 unspecified atom stereocenters. The highest BCUT2D eigenvalue weighted by atomic mass is 79.9. The van der Waals surface area contributed by atoms with Gasteiger partial charge in [-0.05, 0) is 46.6 Å². The minimum Gasteiger partial charge on any atom is -0.462 e. The number of unbranched alkanes of at least 4 members (excludes halogenated alkanes) is 2. The number of hydrogen-bond donors (Lipinski definition) is 1. The van der Waals surface area contributed by atoms with Gasteiger partial charge in [-0.3, -0.25) is 4.79 Å². The highest BCUT2D eigenvalue weighted by Gasteiger charge is 2.28. The number of amides is 1. The van der Waals surface area contributed by atoms with E-state index in [9.17, 15) is 9.59 Å². The lowest BCUT2D eigenvalue weighted by atomic mass is 10.2. The molecule has 9 heteroatoms. The standard InChI is InChI=1S/C24H23BrN4O4/c1-3-5-8-14-32-24(31)19-20-22(27-16-10-7-6-9-15(16)26-20)29(13-4-2)21(19)28-23(30)17-11-12-18(25)33-17/h4,6-7,9-12H,2-3,5,8,13-14H2,1H3,(H,28,30). The second-order valence-corrected chi connectivity index (χ2v) is 8.19. The van der Waals surface area contributed by atoms with Crippen LogP contribution in [0.4, 0.5) is 5.82 Å². The Morgan fingerprint density at radius 2 is 1.94 bits per heavy atom. The number of furan rings is 1. The van der Waals surface area contributed by atoms with E-state index in [4.69, 9.17) is 19.1 Å². The van der Waals surface area contributed by atoms with Crippen molar-refractivity contribution in [3.63, 3.8) is 0 Å². The molecular formula is C24H23BrN4O4. The maximum atomic E-state index is 13.2. The number of rotatable bonds is 9. The summed E-state index contributed by atoms with van der Waals surface area (Å²) in [6, 6.07) is 10.5. The molecule has 33 heavy (non-hydrogen) atoms. The topological polar surface area (TPSA) is 99.3 Å². The summed E-state index contributed by atoms with van der Waals surface area (Å²) in [4.78, 5) is 35.5. The third-order valence-corrected chi connectivity index (χ3v) is 5.50. The smallest absolute Gasteiger partial charge is 0.344 e. The zero-order chi connectivity index (χ0) is 23.4. The van der Waals surface area contributed by atoms with Crippen LogP contribution < -0.4 is 5.32 Å². The van der Waals surface area contributed by atoms with Crippen molar-refractivity contribution in [1.82, 2.24) is 14.5 Å². The molecule has 0 bridgehead atoms. The summed E-state index contributed by atoms with van der Waals surface area (Å²) in [5.74, 6) is -0.762.